The first kappa shape index (κ1) is 25.2. The second kappa shape index (κ2) is 9.62. The molecule has 11 heteroatoms. The van der Waals surface area contributed by atoms with Gasteiger partial charge in [0.1, 0.15) is 6.33 Å². The lowest BCUT2D eigenvalue weighted by atomic mass is 10.00. The van der Waals surface area contributed by atoms with Crippen LogP contribution in [0.4, 0.5) is 13.2 Å². The van der Waals surface area contributed by atoms with Gasteiger partial charge in [0.25, 0.3) is 0 Å². The molecule has 0 amide bonds. The highest BCUT2D eigenvalue weighted by Gasteiger charge is 2.34. The van der Waals surface area contributed by atoms with Crippen LogP contribution < -0.4 is 0 Å². The molecule has 8 nitrogen and oxygen atoms in total. The Bertz CT molecular complexity index is 1210. The molecule has 1 atom stereocenters. The van der Waals surface area contributed by atoms with Crippen molar-refractivity contribution in [3.63, 3.8) is 0 Å². The van der Waals surface area contributed by atoms with Gasteiger partial charge in [0.2, 0.25) is 0 Å². The van der Waals surface area contributed by atoms with Crippen LogP contribution in [0.1, 0.15) is 48.4 Å². The molecule has 1 unspecified atom stereocenters. The van der Waals surface area contributed by atoms with Crippen LogP contribution in [-0.2, 0) is 11.8 Å². The summed E-state index contributed by atoms with van der Waals surface area (Å²) in [4.78, 5) is 21.0. The van der Waals surface area contributed by atoms with Crippen LogP contribution in [0, 0.1) is 6.92 Å². The number of hydrogen-bond donors (Lipinski definition) is 0. The smallest absolute Gasteiger partial charge is 0.401 e. The van der Waals surface area contributed by atoms with Crippen LogP contribution >= 0.6 is 0 Å². The SMILES string of the molecule is Cc1c(C(=O)OC(C)C)cc2c(-c3ncnn3C)ccn2c1C(C)N1CCN(CC(F)(F)F)CC1. The Morgan fingerprint density at radius 1 is 1.17 bits per heavy atom. The summed E-state index contributed by atoms with van der Waals surface area (Å²) in [5.41, 5.74) is 3.77. The van der Waals surface area contributed by atoms with Crippen molar-refractivity contribution in [1.29, 1.82) is 0 Å². The molecule has 0 aliphatic carbocycles. The van der Waals surface area contributed by atoms with E-state index in [9.17, 15) is 18.0 Å². The number of fused-ring (bicyclic) bond motifs is 1. The molecule has 0 spiro atoms. The molecule has 1 saturated heterocycles. The maximum absolute atomic E-state index is 13.0. The van der Waals surface area contributed by atoms with E-state index in [1.54, 1.807) is 25.6 Å². The summed E-state index contributed by atoms with van der Waals surface area (Å²) < 4.78 is 47.7. The maximum atomic E-state index is 13.0. The Morgan fingerprint density at radius 2 is 1.86 bits per heavy atom. The molecule has 4 heterocycles. The van der Waals surface area contributed by atoms with Gasteiger partial charge in [-0.1, -0.05) is 0 Å². The Kier molecular flexibility index (Phi) is 6.92. The zero-order valence-corrected chi connectivity index (χ0v) is 20.6. The minimum Gasteiger partial charge on any atom is -0.459 e. The topological polar surface area (TPSA) is 67.9 Å². The first-order valence-corrected chi connectivity index (χ1v) is 11.7. The number of aromatic nitrogens is 4. The predicted octanol–water partition coefficient (Wildman–Crippen LogP) is 3.85. The quantitative estimate of drug-likeness (QED) is 0.487. The number of aryl methyl sites for hydroxylation is 1. The van der Waals surface area contributed by atoms with Gasteiger partial charge >= 0.3 is 12.1 Å². The lowest BCUT2D eigenvalue weighted by molar-refractivity contribution is -0.149. The standard InChI is InChI=1S/C24H31F3N6O2/c1-15(2)35-23(34)19-12-20-18(22-28-14-29-30(22)5)6-7-33(20)21(16(19)3)17(4)32-10-8-31(9-11-32)13-24(25,26)27/h6-7,12,14-15,17H,8-11,13H2,1-5H3. The first-order chi connectivity index (χ1) is 16.5. The van der Waals surface area contributed by atoms with Crippen molar-refractivity contribution >= 4 is 11.5 Å². The Labute approximate surface area is 202 Å². The number of piperazine rings is 1. The second-order valence-corrected chi connectivity index (χ2v) is 9.32. The minimum absolute atomic E-state index is 0.142. The molecule has 190 valence electrons. The maximum Gasteiger partial charge on any atom is 0.401 e. The zero-order valence-electron chi connectivity index (χ0n) is 20.6. The monoisotopic (exact) mass is 492 g/mol. The molecule has 35 heavy (non-hydrogen) atoms. The van der Waals surface area contributed by atoms with Crippen molar-refractivity contribution in [2.75, 3.05) is 32.7 Å². The van der Waals surface area contributed by atoms with Gasteiger partial charge in [0.15, 0.2) is 5.82 Å². The Balaban J connectivity index is 1.75. The van der Waals surface area contributed by atoms with E-state index in [0.29, 0.717) is 37.6 Å². The van der Waals surface area contributed by atoms with Gasteiger partial charge in [0.05, 0.1) is 23.7 Å². The lowest BCUT2D eigenvalue weighted by Crippen LogP contribution is -2.49. The summed E-state index contributed by atoms with van der Waals surface area (Å²) in [5, 5.41) is 4.17. The third-order valence-electron chi connectivity index (χ3n) is 6.52. The summed E-state index contributed by atoms with van der Waals surface area (Å²) in [6.07, 6.45) is -1.06. The van der Waals surface area contributed by atoms with Gasteiger partial charge in [-0.05, 0) is 45.4 Å². The Hall–Kier alpha value is -2.92. The third kappa shape index (κ3) is 5.20. The number of pyridine rings is 1. The van der Waals surface area contributed by atoms with Gasteiger partial charge in [-0.3, -0.25) is 9.80 Å². The normalized spacial score (nSPS) is 16.8. The highest BCUT2D eigenvalue weighted by atomic mass is 19.4. The summed E-state index contributed by atoms with van der Waals surface area (Å²) in [6.45, 7) is 8.29. The molecule has 0 aromatic carbocycles. The summed E-state index contributed by atoms with van der Waals surface area (Å²) in [5.74, 6) is 0.257. The average molecular weight is 493 g/mol. The fraction of sp³-hybridized carbons (Fsp3) is 0.542. The third-order valence-corrected chi connectivity index (χ3v) is 6.52. The first-order valence-electron chi connectivity index (χ1n) is 11.7. The molecule has 1 aliphatic heterocycles. The van der Waals surface area contributed by atoms with Crippen LogP contribution in [0.2, 0.25) is 0 Å². The predicted molar refractivity (Wildman–Crippen MR) is 125 cm³/mol. The average Bonchev–Trinajstić information content (AvgIpc) is 3.37. The summed E-state index contributed by atoms with van der Waals surface area (Å²) in [6, 6.07) is 3.62. The van der Waals surface area contributed by atoms with Gasteiger partial charge in [0, 0.05) is 56.7 Å². The van der Waals surface area contributed by atoms with E-state index in [1.165, 1.54) is 11.2 Å². The fourth-order valence-electron chi connectivity index (χ4n) is 4.83. The molecular formula is C24H31F3N6O2. The Morgan fingerprint density at radius 3 is 2.43 bits per heavy atom. The van der Waals surface area contributed by atoms with E-state index in [4.69, 9.17) is 4.74 Å². The molecule has 0 radical (unpaired) electrons. The molecule has 4 rings (SSSR count). The second-order valence-electron chi connectivity index (χ2n) is 9.32. The minimum atomic E-state index is -4.21. The van der Waals surface area contributed by atoms with Crippen LogP contribution in [-0.4, -0.2) is 79.9 Å². The highest BCUT2D eigenvalue weighted by Crippen LogP contribution is 2.33. The number of esters is 1. The van der Waals surface area contributed by atoms with E-state index in [-0.39, 0.29) is 12.1 Å². The molecule has 3 aromatic heterocycles. The molecular weight excluding hydrogens is 461 g/mol. The van der Waals surface area contributed by atoms with Gasteiger partial charge < -0.3 is 9.14 Å². The van der Waals surface area contributed by atoms with Crippen LogP contribution in [0.25, 0.3) is 16.9 Å². The van der Waals surface area contributed by atoms with E-state index in [1.807, 2.05) is 36.6 Å². The molecule has 0 saturated carbocycles. The van der Waals surface area contributed by atoms with Gasteiger partial charge in [-0.25, -0.2) is 14.5 Å². The molecule has 1 aliphatic rings. The number of hydrogen-bond acceptors (Lipinski definition) is 6. The van der Waals surface area contributed by atoms with Crippen LogP contribution in [0.15, 0.2) is 24.7 Å². The molecule has 3 aromatic rings. The van der Waals surface area contributed by atoms with Crippen molar-refractivity contribution in [2.24, 2.45) is 7.05 Å². The van der Waals surface area contributed by atoms with E-state index in [0.717, 1.165) is 22.3 Å². The number of alkyl halides is 3. The number of carbonyl (C=O) groups excluding carboxylic acids is 1. The van der Waals surface area contributed by atoms with Gasteiger partial charge in [-0.2, -0.15) is 18.3 Å². The number of rotatable bonds is 6. The number of carbonyl (C=O) groups is 1. The number of nitrogens with zero attached hydrogens (tertiary/aromatic N) is 6. The van der Waals surface area contributed by atoms with Crippen LogP contribution in [0.5, 0.6) is 0 Å². The van der Waals surface area contributed by atoms with E-state index < -0.39 is 18.7 Å². The lowest BCUT2D eigenvalue weighted by Gasteiger charge is -2.39. The zero-order chi connectivity index (χ0) is 25.5. The molecule has 0 bridgehead atoms. The number of ether oxygens (including phenoxy) is 1. The van der Waals surface area contributed by atoms with Gasteiger partial charge in [-0.15, -0.1) is 0 Å². The van der Waals surface area contributed by atoms with Crippen molar-refractivity contribution < 1.29 is 22.7 Å². The largest absolute Gasteiger partial charge is 0.459 e. The van der Waals surface area contributed by atoms with Crippen molar-refractivity contribution in [1.82, 2.24) is 29.0 Å². The van der Waals surface area contributed by atoms with Crippen molar-refractivity contribution in [2.45, 2.75) is 46.0 Å². The fourth-order valence-corrected chi connectivity index (χ4v) is 4.83. The summed E-state index contributed by atoms with van der Waals surface area (Å²) >= 11 is 0. The van der Waals surface area contributed by atoms with Crippen molar-refractivity contribution in [3.8, 4) is 11.4 Å². The molecule has 1 fully saturated rings. The van der Waals surface area contributed by atoms with Crippen molar-refractivity contribution in [3.05, 3.63) is 41.5 Å². The summed E-state index contributed by atoms with van der Waals surface area (Å²) in [7, 11) is 1.80. The highest BCUT2D eigenvalue weighted by molar-refractivity contribution is 5.94. The molecule has 0 N–H and O–H groups in total. The van der Waals surface area contributed by atoms with Crippen LogP contribution in [0.3, 0.4) is 0 Å². The van der Waals surface area contributed by atoms with E-state index >= 15 is 0 Å². The van der Waals surface area contributed by atoms with E-state index in [2.05, 4.69) is 15.0 Å². The number of halogens is 3.